The lowest BCUT2D eigenvalue weighted by Crippen LogP contribution is -2.01. The van der Waals surface area contributed by atoms with Crippen LogP contribution in [0, 0.1) is 10.5 Å². The number of hydrogen-bond donors (Lipinski definition) is 0. The SMILES string of the molecule is Cc1cccc2cc(C(=O)c3cc(I)ccc3Br)oc12. The second-order valence-corrected chi connectivity index (χ2v) is 6.66. The number of fused-ring (bicyclic) bond motifs is 1. The number of aryl methyl sites for hydroxylation is 1. The van der Waals surface area contributed by atoms with E-state index in [1.165, 1.54) is 0 Å². The fraction of sp³-hybridized carbons (Fsp3) is 0.0625. The smallest absolute Gasteiger partial charge is 0.229 e. The first-order valence-corrected chi connectivity index (χ1v) is 7.92. The Hall–Kier alpha value is -1.14. The van der Waals surface area contributed by atoms with E-state index in [1.54, 1.807) is 6.07 Å². The number of ketones is 1. The lowest BCUT2D eigenvalue weighted by molar-refractivity contribution is 0.101. The molecular weight excluding hydrogens is 431 g/mol. The summed E-state index contributed by atoms with van der Waals surface area (Å²) in [7, 11) is 0. The minimum Gasteiger partial charge on any atom is -0.452 e. The van der Waals surface area contributed by atoms with Crippen LogP contribution in [0.1, 0.15) is 21.7 Å². The van der Waals surface area contributed by atoms with E-state index in [9.17, 15) is 4.79 Å². The van der Waals surface area contributed by atoms with E-state index in [0.717, 1.165) is 24.6 Å². The van der Waals surface area contributed by atoms with Gasteiger partial charge in [-0.25, -0.2) is 0 Å². The van der Waals surface area contributed by atoms with Crippen LogP contribution in [0.5, 0.6) is 0 Å². The second-order valence-electron chi connectivity index (χ2n) is 4.56. The van der Waals surface area contributed by atoms with Crippen molar-refractivity contribution in [3.8, 4) is 0 Å². The fourth-order valence-corrected chi connectivity index (χ4v) is 3.04. The molecule has 1 aromatic heterocycles. The standard InChI is InChI=1S/C16H10BrIO2/c1-9-3-2-4-10-7-14(20-16(9)10)15(19)12-8-11(18)5-6-13(12)17/h2-8H,1H3. The predicted molar refractivity (Wildman–Crippen MR) is 91.2 cm³/mol. The lowest BCUT2D eigenvalue weighted by atomic mass is 10.1. The van der Waals surface area contributed by atoms with Crippen LogP contribution >= 0.6 is 38.5 Å². The molecule has 0 radical (unpaired) electrons. The molecule has 0 atom stereocenters. The van der Waals surface area contributed by atoms with E-state index >= 15 is 0 Å². The number of para-hydroxylation sites is 1. The molecule has 4 heteroatoms. The normalized spacial score (nSPS) is 10.9. The maximum absolute atomic E-state index is 12.6. The van der Waals surface area contributed by atoms with Crippen LogP contribution in [0.2, 0.25) is 0 Å². The van der Waals surface area contributed by atoms with Crippen LogP contribution in [-0.4, -0.2) is 5.78 Å². The largest absolute Gasteiger partial charge is 0.452 e. The highest BCUT2D eigenvalue weighted by atomic mass is 127. The molecular formula is C16H10BrIO2. The minimum absolute atomic E-state index is 0.106. The van der Waals surface area contributed by atoms with Gasteiger partial charge < -0.3 is 4.42 Å². The molecule has 0 unspecified atom stereocenters. The van der Waals surface area contributed by atoms with Crippen LogP contribution < -0.4 is 0 Å². The topological polar surface area (TPSA) is 30.2 Å². The van der Waals surface area contributed by atoms with Gasteiger partial charge in [0.05, 0.1) is 0 Å². The van der Waals surface area contributed by atoms with Gasteiger partial charge in [0.2, 0.25) is 5.78 Å². The lowest BCUT2D eigenvalue weighted by Gasteiger charge is -2.02. The van der Waals surface area contributed by atoms with Crippen LogP contribution in [0.4, 0.5) is 0 Å². The van der Waals surface area contributed by atoms with Gasteiger partial charge in [-0.3, -0.25) is 4.79 Å². The van der Waals surface area contributed by atoms with Crippen molar-refractivity contribution in [3.63, 3.8) is 0 Å². The number of carbonyl (C=O) groups excluding carboxylic acids is 1. The van der Waals surface area contributed by atoms with Crippen molar-refractivity contribution in [2.24, 2.45) is 0 Å². The van der Waals surface area contributed by atoms with E-state index in [4.69, 9.17) is 4.42 Å². The Morgan fingerprint density at radius 1 is 1.20 bits per heavy atom. The molecule has 3 rings (SSSR count). The number of halogens is 2. The quantitative estimate of drug-likeness (QED) is 0.397. The number of rotatable bonds is 2. The third kappa shape index (κ3) is 2.42. The first-order valence-electron chi connectivity index (χ1n) is 6.05. The molecule has 0 spiro atoms. The summed E-state index contributed by atoms with van der Waals surface area (Å²) < 4.78 is 7.53. The molecule has 20 heavy (non-hydrogen) atoms. The third-order valence-corrected chi connectivity index (χ3v) is 4.50. The monoisotopic (exact) mass is 440 g/mol. The van der Waals surface area contributed by atoms with E-state index in [-0.39, 0.29) is 5.78 Å². The molecule has 100 valence electrons. The molecule has 0 aliphatic rings. The summed E-state index contributed by atoms with van der Waals surface area (Å²) in [6, 6.07) is 13.4. The molecule has 1 heterocycles. The van der Waals surface area contributed by atoms with Gasteiger partial charge in [-0.05, 0) is 59.3 Å². The van der Waals surface area contributed by atoms with Crippen molar-refractivity contribution in [1.29, 1.82) is 0 Å². The van der Waals surface area contributed by atoms with Crippen molar-refractivity contribution >= 4 is 55.3 Å². The van der Waals surface area contributed by atoms with Gasteiger partial charge in [-0.15, -0.1) is 0 Å². The molecule has 0 amide bonds. The molecule has 0 fully saturated rings. The Labute approximate surface area is 138 Å². The van der Waals surface area contributed by atoms with Gasteiger partial charge in [0, 0.05) is 19.0 Å². The van der Waals surface area contributed by atoms with Crippen LogP contribution in [0.3, 0.4) is 0 Å². The Kier molecular flexibility index (Phi) is 3.69. The van der Waals surface area contributed by atoms with Crippen LogP contribution in [0.25, 0.3) is 11.0 Å². The number of benzene rings is 2. The third-order valence-electron chi connectivity index (χ3n) is 3.14. The zero-order valence-corrected chi connectivity index (χ0v) is 14.4. The highest BCUT2D eigenvalue weighted by Gasteiger charge is 2.18. The Balaban J connectivity index is 2.13. The van der Waals surface area contributed by atoms with Gasteiger partial charge in [0.15, 0.2) is 5.76 Å². The maximum Gasteiger partial charge on any atom is 0.229 e. The Morgan fingerprint density at radius 3 is 2.75 bits per heavy atom. The Bertz CT molecular complexity index is 820. The van der Waals surface area contributed by atoms with Crippen molar-refractivity contribution in [3.05, 3.63) is 67.4 Å². The molecule has 2 nitrogen and oxygen atoms in total. The van der Waals surface area contributed by atoms with Crippen LogP contribution in [-0.2, 0) is 0 Å². The maximum atomic E-state index is 12.6. The highest BCUT2D eigenvalue weighted by Crippen LogP contribution is 2.27. The van der Waals surface area contributed by atoms with E-state index < -0.39 is 0 Å². The second kappa shape index (κ2) is 5.33. The predicted octanol–water partition coefficient (Wildman–Crippen LogP) is 5.34. The van der Waals surface area contributed by atoms with Crippen molar-refractivity contribution in [2.45, 2.75) is 6.92 Å². The van der Waals surface area contributed by atoms with Crippen molar-refractivity contribution < 1.29 is 9.21 Å². The summed E-state index contributed by atoms with van der Waals surface area (Å²) in [6.07, 6.45) is 0. The number of furan rings is 1. The van der Waals surface area contributed by atoms with Gasteiger partial charge in [-0.1, -0.05) is 34.1 Å². The molecule has 0 saturated carbocycles. The average molecular weight is 441 g/mol. The summed E-state index contributed by atoms with van der Waals surface area (Å²) in [5.74, 6) is 0.267. The van der Waals surface area contributed by atoms with E-state index in [1.807, 2.05) is 43.3 Å². The molecule has 0 saturated heterocycles. The average Bonchev–Trinajstić information content (AvgIpc) is 2.86. The summed E-state index contributed by atoms with van der Waals surface area (Å²) in [5.41, 5.74) is 2.43. The van der Waals surface area contributed by atoms with E-state index in [0.29, 0.717) is 11.3 Å². The molecule has 0 aliphatic carbocycles. The van der Waals surface area contributed by atoms with E-state index in [2.05, 4.69) is 38.5 Å². The highest BCUT2D eigenvalue weighted by molar-refractivity contribution is 14.1. The summed E-state index contributed by atoms with van der Waals surface area (Å²) in [6.45, 7) is 1.97. The van der Waals surface area contributed by atoms with Gasteiger partial charge in [-0.2, -0.15) is 0 Å². The summed E-state index contributed by atoms with van der Waals surface area (Å²) >= 11 is 5.61. The molecule has 0 aliphatic heterocycles. The number of carbonyl (C=O) groups is 1. The first-order chi connectivity index (χ1) is 9.56. The molecule has 0 bridgehead atoms. The Morgan fingerprint density at radius 2 is 2.00 bits per heavy atom. The van der Waals surface area contributed by atoms with Crippen LogP contribution in [0.15, 0.2) is 51.4 Å². The van der Waals surface area contributed by atoms with Gasteiger partial charge >= 0.3 is 0 Å². The molecule has 0 N–H and O–H groups in total. The minimum atomic E-state index is -0.106. The molecule has 3 aromatic rings. The zero-order chi connectivity index (χ0) is 14.3. The fourth-order valence-electron chi connectivity index (χ4n) is 2.13. The van der Waals surface area contributed by atoms with Gasteiger partial charge in [0.25, 0.3) is 0 Å². The summed E-state index contributed by atoms with van der Waals surface area (Å²) in [4.78, 5) is 12.6. The number of hydrogen-bond acceptors (Lipinski definition) is 2. The van der Waals surface area contributed by atoms with Crippen molar-refractivity contribution in [1.82, 2.24) is 0 Å². The zero-order valence-electron chi connectivity index (χ0n) is 10.6. The van der Waals surface area contributed by atoms with Crippen molar-refractivity contribution in [2.75, 3.05) is 0 Å². The molecule has 2 aromatic carbocycles. The first kappa shape index (κ1) is 13.8. The summed E-state index contributed by atoms with van der Waals surface area (Å²) in [5, 5.41) is 0.954. The van der Waals surface area contributed by atoms with Gasteiger partial charge in [0.1, 0.15) is 5.58 Å².